The molecule has 1 aliphatic heterocycles. The van der Waals surface area contributed by atoms with E-state index in [1.165, 1.54) is 0 Å². The topological polar surface area (TPSA) is 81.4 Å². The number of rotatable bonds is 6. The van der Waals surface area contributed by atoms with E-state index in [1.54, 1.807) is 12.4 Å². The molecule has 0 spiro atoms. The van der Waals surface area contributed by atoms with Gasteiger partial charge in [-0.05, 0) is 24.5 Å². The van der Waals surface area contributed by atoms with Gasteiger partial charge >= 0.3 is 0 Å². The number of carbonyl (C=O) groups is 1. The lowest BCUT2D eigenvalue weighted by Crippen LogP contribution is -2.43. The fourth-order valence-corrected chi connectivity index (χ4v) is 2.77. The summed E-state index contributed by atoms with van der Waals surface area (Å²) in [5, 5.41) is 3.85. The van der Waals surface area contributed by atoms with E-state index >= 15 is 0 Å². The van der Waals surface area contributed by atoms with Crippen LogP contribution in [0.1, 0.15) is 37.0 Å². The van der Waals surface area contributed by atoms with Crippen molar-refractivity contribution < 1.29 is 14.1 Å². The average molecular weight is 330 g/mol. The number of carbonyl (C=O) groups excluding carboxylic acids is 1. The number of hydrogen-bond acceptors (Lipinski definition) is 6. The molecule has 0 bridgehead atoms. The lowest BCUT2D eigenvalue weighted by atomic mass is 10.1. The van der Waals surface area contributed by atoms with Crippen molar-refractivity contribution in [3.63, 3.8) is 0 Å². The average Bonchev–Trinajstić information content (AvgIpc) is 3.09. The fourth-order valence-electron chi connectivity index (χ4n) is 2.77. The third-order valence-corrected chi connectivity index (χ3v) is 4.08. The predicted molar refractivity (Wildman–Crippen MR) is 86.0 cm³/mol. The number of likely N-dealkylation sites (tertiary alicyclic amines) is 1. The van der Waals surface area contributed by atoms with E-state index in [4.69, 9.17) is 9.26 Å². The third kappa shape index (κ3) is 4.38. The number of amides is 1. The highest BCUT2D eigenvalue weighted by atomic mass is 16.5. The maximum Gasteiger partial charge on any atom is 0.252 e. The molecule has 7 heteroatoms. The van der Waals surface area contributed by atoms with E-state index < -0.39 is 0 Å². The van der Waals surface area contributed by atoms with Crippen molar-refractivity contribution in [2.45, 2.75) is 45.3 Å². The molecule has 1 amide bonds. The van der Waals surface area contributed by atoms with Crippen molar-refractivity contribution in [2.24, 2.45) is 0 Å². The van der Waals surface area contributed by atoms with Gasteiger partial charge in [0.25, 0.3) is 5.89 Å². The zero-order valence-electron chi connectivity index (χ0n) is 13.9. The molecule has 24 heavy (non-hydrogen) atoms. The summed E-state index contributed by atoms with van der Waals surface area (Å²) in [4.78, 5) is 22.6. The highest BCUT2D eigenvalue weighted by Gasteiger charge is 2.24. The molecule has 1 saturated heterocycles. The zero-order chi connectivity index (χ0) is 16.8. The van der Waals surface area contributed by atoms with Crippen LogP contribution in [0.3, 0.4) is 0 Å². The molecule has 3 heterocycles. The van der Waals surface area contributed by atoms with Crippen LogP contribution in [0.5, 0.6) is 0 Å². The van der Waals surface area contributed by atoms with Crippen molar-refractivity contribution in [1.29, 1.82) is 0 Å². The van der Waals surface area contributed by atoms with Crippen LogP contribution >= 0.6 is 0 Å². The summed E-state index contributed by atoms with van der Waals surface area (Å²) in [5.41, 5.74) is 0.934. The van der Waals surface area contributed by atoms with Crippen molar-refractivity contribution in [3.05, 3.63) is 41.8 Å². The van der Waals surface area contributed by atoms with Gasteiger partial charge in [-0.25, -0.2) is 0 Å². The monoisotopic (exact) mass is 330 g/mol. The number of nitrogens with zero attached hydrogens (tertiary/aromatic N) is 4. The molecular weight excluding hydrogens is 308 g/mol. The van der Waals surface area contributed by atoms with Crippen molar-refractivity contribution >= 4 is 5.91 Å². The summed E-state index contributed by atoms with van der Waals surface area (Å²) in [6.45, 7) is 3.65. The third-order valence-electron chi connectivity index (χ3n) is 4.08. The second-order valence-corrected chi connectivity index (χ2v) is 5.91. The maximum atomic E-state index is 12.4. The van der Waals surface area contributed by atoms with Gasteiger partial charge < -0.3 is 14.2 Å². The van der Waals surface area contributed by atoms with E-state index in [0.717, 1.165) is 31.4 Å². The first-order valence-electron chi connectivity index (χ1n) is 8.34. The molecule has 1 fully saturated rings. The standard InChI is InChI=1S/C17H22N4O3/c1-2-15-19-16(24-20-15)12-23-14-6-4-8-21(11-14)17(22)9-13-5-3-7-18-10-13/h3,5,7,10,14H,2,4,6,8-9,11-12H2,1H3. The Morgan fingerprint density at radius 3 is 3.17 bits per heavy atom. The fraction of sp³-hybridized carbons (Fsp3) is 0.529. The Balaban J connectivity index is 1.49. The van der Waals surface area contributed by atoms with Crippen LogP contribution in [0.4, 0.5) is 0 Å². The quantitative estimate of drug-likeness (QED) is 0.803. The summed E-state index contributed by atoms with van der Waals surface area (Å²) in [7, 11) is 0. The number of aryl methyl sites for hydroxylation is 1. The molecule has 128 valence electrons. The minimum absolute atomic E-state index is 0.00794. The Labute approximate surface area is 141 Å². The molecule has 1 aliphatic rings. The van der Waals surface area contributed by atoms with Crippen LogP contribution in [0.15, 0.2) is 29.0 Å². The van der Waals surface area contributed by atoms with E-state index in [0.29, 0.717) is 31.3 Å². The van der Waals surface area contributed by atoms with Gasteiger partial charge in [0.05, 0.1) is 12.5 Å². The number of hydrogen-bond donors (Lipinski definition) is 0. The van der Waals surface area contributed by atoms with Crippen LogP contribution in [0.25, 0.3) is 0 Å². The molecule has 1 unspecified atom stereocenters. The van der Waals surface area contributed by atoms with E-state index in [-0.39, 0.29) is 12.0 Å². The molecule has 0 saturated carbocycles. The molecule has 1 atom stereocenters. The van der Waals surface area contributed by atoms with E-state index in [1.807, 2.05) is 24.0 Å². The van der Waals surface area contributed by atoms with Gasteiger partial charge in [-0.3, -0.25) is 9.78 Å². The molecule has 0 aliphatic carbocycles. The van der Waals surface area contributed by atoms with Gasteiger partial charge in [0.15, 0.2) is 5.82 Å². The summed E-state index contributed by atoms with van der Waals surface area (Å²) < 4.78 is 11.0. The smallest absolute Gasteiger partial charge is 0.252 e. The molecule has 2 aromatic rings. The Hall–Kier alpha value is -2.28. The minimum atomic E-state index is 0.00794. The Morgan fingerprint density at radius 2 is 2.42 bits per heavy atom. The highest BCUT2D eigenvalue weighted by Crippen LogP contribution is 2.16. The molecule has 0 aromatic carbocycles. The molecule has 7 nitrogen and oxygen atoms in total. The van der Waals surface area contributed by atoms with Crippen molar-refractivity contribution in [2.75, 3.05) is 13.1 Å². The summed E-state index contributed by atoms with van der Waals surface area (Å²) >= 11 is 0. The molecule has 0 radical (unpaired) electrons. The number of ether oxygens (including phenoxy) is 1. The number of piperidine rings is 1. The number of aromatic nitrogens is 3. The van der Waals surface area contributed by atoms with Crippen LogP contribution in [-0.2, 0) is 29.0 Å². The molecule has 3 rings (SSSR count). The van der Waals surface area contributed by atoms with Gasteiger partial charge in [0, 0.05) is 31.9 Å². The van der Waals surface area contributed by atoms with Crippen LogP contribution in [0, 0.1) is 0 Å². The summed E-state index contributed by atoms with van der Waals surface area (Å²) in [6, 6.07) is 3.77. The summed E-state index contributed by atoms with van der Waals surface area (Å²) in [5.74, 6) is 1.29. The number of pyridine rings is 1. The summed E-state index contributed by atoms with van der Waals surface area (Å²) in [6.07, 6.45) is 6.44. The lowest BCUT2D eigenvalue weighted by molar-refractivity contribution is -0.135. The second kappa shape index (κ2) is 8.01. The highest BCUT2D eigenvalue weighted by molar-refractivity contribution is 5.78. The first kappa shape index (κ1) is 16.6. The Kier molecular flexibility index (Phi) is 5.53. The van der Waals surface area contributed by atoms with Crippen LogP contribution in [0.2, 0.25) is 0 Å². The Bertz CT molecular complexity index is 659. The van der Waals surface area contributed by atoms with Gasteiger partial charge in [-0.15, -0.1) is 0 Å². The first-order valence-corrected chi connectivity index (χ1v) is 8.34. The van der Waals surface area contributed by atoms with E-state index in [2.05, 4.69) is 15.1 Å². The second-order valence-electron chi connectivity index (χ2n) is 5.91. The normalized spacial score (nSPS) is 17.9. The van der Waals surface area contributed by atoms with Crippen molar-refractivity contribution in [3.8, 4) is 0 Å². The largest absolute Gasteiger partial charge is 0.367 e. The van der Waals surface area contributed by atoms with Gasteiger partial charge in [-0.2, -0.15) is 4.98 Å². The Morgan fingerprint density at radius 1 is 1.50 bits per heavy atom. The zero-order valence-corrected chi connectivity index (χ0v) is 13.9. The van der Waals surface area contributed by atoms with Crippen molar-refractivity contribution in [1.82, 2.24) is 20.0 Å². The predicted octanol–water partition coefficient (Wildman–Crippen LogP) is 1.78. The SMILES string of the molecule is CCc1noc(COC2CCCN(C(=O)Cc3cccnc3)C2)n1. The van der Waals surface area contributed by atoms with Gasteiger partial charge in [-0.1, -0.05) is 18.1 Å². The first-order chi connectivity index (χ1) is 11.7. The lowest BCUT2D eigenvalue weighted by Gasteiger charge is -2.32. The van der Waals surface area contributed by atoms with Gasteiger partial charge in [0.2, 0.25) is 5.91 Å². The maximum absolute atomic E-state index is 12.4. The van der Waals surface area contributed by atoms with Crippen LogP contribution in [-0.4, -0.2) is 45.1 Å². The van der Waals surface area contributed by atoms with Crippen LogP contribution < -0.4 is 0 Å². The molecule has 0 N–H and O–H groups in total. The van der Waals surface area contributed by atoms with Gasteiger partial charge in [0.1, 0.15) is 6.61 Å². The van der Waals surface area contributed by atoms with E-state index in [9.17, 15) is 4.79 Å². The minimum Gasteiger partial charge on any atom is -0.367 e. The molecule has 2 aromatic heterocycles. The molecular formula is C17H22N4O3.